The molecule has 6 rings (SSSR count). The molecular formula is C36H36F2O7. The van der Waals surface area contributed by atoms with Gasteiger partial charge in [0.05, 0.1) is 17.2 Å². The number of carbonyl (C=O) groups is 4. The molecule has 0 amide bonds. The Kier molecular flexibility index (Phi) is 7.88. The quantitative estimate of drug-likeness (QED) is 0.397. The molecule has 236 valence electrons. The fourth-order valence-corrected chi connectivity index (χ4v) is 8.60. The van der Waals surface area contributed by atoms with Gasteiger partial charge in [-0.15, -0.1) is 0 Å². The van der Waals surface area contributed by atoms with Crippen LogP contribution in [0.3, 0.4) is 0 Å². The Hall–Kier alpha value is -3.98. The van der Waals surface area contributed by atoms with Crippen molar-refractivity contribution in [1.29, 1.82) is 0 Å². The molecule has 3 fully saturated rings. The van der Waals surface area contributed by atoms with Gasteiger partial charge in [-0.3, -0.25) is 9.59 Å². The van der Waals surface area contributed by atoms with Gasteiger partial charge in [0.1, 0.15) is 12.8 Å². The summed E-state index contributed by atoms with van der Waals surface area (Å²) in [6.45, 7) is 2.99. The number of aliphatic hydroxyl groups excluding tert-OH is 1. The standard InChI is InChI=1S/C36H36F2O7/c1-34-18-31(41)36(38)27(17-29(37)28-16-24(39)14-15-35(28,36)2)25(34)12-13-26(34)30(40)20-45-33(43)23-10-8-22(9-11-23)32(42)44-19-21-6-4-3-5-7-21/h3-11,14-16,25-27,29,31,41H,12-13,17-20H2,1-2H3/t25?,26-,27+,29+,31+,34+,35+,36+/m1/s1. The first-order chi connectivity index (χ1) is 21.4. The number of ketones is 2. The number of benzene rings is 2. The summed E-state index contributed by atoms with van der Waals surface area (Å²) in [5, 5.41) is 11.4. The molecule has 7 nitrogen and oxygen atoms in total. The van der Waals surface area contributed by atoms with Crippen LogP contribution in [0.15, 0.2) is 78.4 Å². The molecule has 4 aliphatic rings. The Balaban J connectivity index is 1.10. The van der Waals surface area contributed by atoms with Crippen LogP contribution in [-0.4, -0.2) is 53.2 Å². The topological polar surface area (TPSA) is 107 Å². The second kappa shape index (κ2) is 11.4. The second-order valence-electron chi connectivity index (χ2n) is 13.3. The van der Waals surface area contributed by atoms with Crippen molar-refractivity contribution < 1.29 is 42.5 Å². The molecule has 0 heterocycles. The van der Waals surface area contributed by atoms with Gasteiger partial charge in [-0.25, -0.2) is 18.4 Å². The van der Waals surface area contributed by atoms with E-state index in [1.165, 1.54) is 36.4 Å². The van der Waals surface area contributed by atoms with Gasteiger partial charge in [-0.2, -0.15) is 0 Å². The second-order valence-corrected chi connectivity index (χ2v) is 13.3. The molecular weight excluding hydrogens is 582 g/mol. The lowest BCUT2D eigenvalue weighted by atomic mass is 9.45. The van der Waals surface area contributed by atoms with Crippen LogP contribution >= 0.6 is 0 Å². The molecule has 0 aromatic heterocycles. The third kappa shape index (κ3) is 5.05. The van der Waals surface area contributed by atoms with E-state index in [4.69, 9.17) is 9.47 Å². The number of Topliss-reactive ketones (excluding diaryl/α,β-unsaturated/α-hetero) is 1. The maximum Gasteiger partial charge on any atom is 0.338 e. The Labute approximate surface area is 260 Å². The maximum absolute atomic E-state index is 17.2. The van der Waals surface area contributed by atoms with Gasteiger partial charge in [0, 0.05) is 17.3 Å². The zero-order valence-electron chi connectivity index (χ0n) is 25.2. The molecule has 45 heavy (non-hydrogen) atoms. The van der Waals surface area contributed by atoms with Crippen LogP contribution in [0.2, 0.25) is 0 Å². The van der Waals surface area contributed by atoms with E-state index >= 15 is 8.78 Å². The average Bonchev–Trinajstić information content (AvgIpc) is 3.37. The zero-order chi connectivity index (χ0) is 32.1. The lowest BCUT2D eigenvalue weighted by Crippen LogP contribution is -2.68. The molecule has 0 radical (unpaired) electrons. The van der Waals surface area contributed by atoms with E-state index in [1.807, 2.05) is 37.3 Å². The first-order valence-electron chi connectivity index (χ1n) is 15.4. The molecule has 1 N–H and O–H groups in total. The van der Waals surface area contributed by atoms with Gasteiger partial charge >= 0.3 is 11.9 Å². The highest BCUT2D eigenvalue weighted by Gasteiger charge is 2.72. The molecule has 4 aliphatic carbocycles. The number of esters is 2. The van der Waals surface area contributed by atoms with E-state index in [0.717, 1.165) is 11.6 Å². The molecule has 0 aliphatic heterocycles. The van der Waals surface area contributed by atoms with E-state index in [1.54, 1.807) is 6.92 Å². The van der Waals surface area contributed by atoms with Crippen molar-refractivity contribution in [3.63, 3.8) is 0 Å². The molecule has 2 aromatic rings. The summed E-state index contributed by atoms with van der Waals surface area (Å²) in [7, 11) is 0. The van der Waals surface area contributed by atoms with Crippen LogP contribution in [-0.2, 0) is 25.7 Å². The smallest absolute Gasteiger partial charge is 0.338 e. The van der Waals surface area contributed by atoms with Gasteiger partial charge < -0.3 is 14.6 Å². The van der Waals surface area contributed by atoms with Crippen LogP contribution in [0, 0.1) is 28.6 Å². The minimum atomic E-state index is -2.20. The van der Waals surface area contributed by atoms with E-state index in [-0.39, 0.29) is 47.8 Å². The van der Waals surface area contributed by atoms with Gasteiger partial charge in [0.25, 0.3) is 0 Å². The first kappa shape index (κ1) is 31.0. The number of carbonyl (C=O) groups excluding carboxylic acids is 4. The highest BCUT2D eigenvalue weighted by molar-refractivity contribution is 6.01. The summed E-state index contributed by atoms with van der Waals surface area (Å²) in [6, 6.07) is 15.0. The van der Waals surface area contributed by atoms with Gasteiger partial charge in [-0.1, -0.05) is 43.3 Å². The number of fused-ring (bicyclic) bond motifs is 5. The number of aliphatic hydroxyl groups is 1. The van der Waals surface area contributed by atoms with Crippen molar-refractivity contribution in [3.05, 3.63) is 95.1 Å². The van der Waals surface area contributed by atoms with Crippen molar-refractivity contribution in [2.75, 3.05) is 6.61 Å². The van der Waals surface area contributed by atoms with E-state index < -0.39 is 64.9 Å². The summed E-state index contributed by atoms with van der Waals surface area (Å²) >= 11 is 0. The molecule has 0 bridgehead atoms. The van der Waals surface area contributed by atoms with Crippen molar-refractivity contribution in [2.45, 2.75) is 64.1 Å². The maximum atomic E-state index is 17.2. The third-order valence-corrected chi connectivity index (χ3v) is 10.9. The fourth-order valence-electron chi connectivity index (χ4n) is 8.60. The van der Waals surface area contributed by atoms with E-state index in [9.17, 15) is 24.3 Å². The van der Waals surface area contributed by atoms with Crippen LogP contribution < -0.4 is 0 Å². The SMILES string of the molecule is C[C@]12C[C@H](O)[C@@]3(F)[C@@H](C[C@H](F)C4=CC(=O)C=C[C@@]43C)C1CC[C@@H]2C(=O)COC(=O)c1ccc(C(=O)OCc2ccccc2)cc1. The van der Waals surface area contributed by atoms with Crippen molar-refractivity contribution in [3.8, 4) is 0 Å². The largest absolute Gasteiger partial charge is 0.457 e. The van der Waals surface area contributed by atoms with Gasteiger partial charge in [0.2, 0.25) is 0 Å². The summed E-state index contributed by atoms with van der Waals surface area (Å²) in [5.74, 6) is -3.88. The van der Waals surface area contributed by atoms with Crippen molar-refractivity contribution in [2.24, 2.45) is 28.6 Å². The Morgan fingerprint density at radius 2 is 1.58 bits per heavy atom. The number of hydrogen-bond donors (Lipinski definition) is 1. The van der Waals surface area contributed by atoms with Gasteiger partial charge in [-0.05, 0) is 91.5 Å². The number of rotatable bonds is 7. The Morgan fingerprint density at radius 1 is 0.933 bits per heavy atom. The monoisotopic (exact) mass is 618 g/mol. The normalized spacial score (nSPS) is 35.0. The summed E-state index contributed by atoms with van der Waals surface area (Å²) in [6.07, 6.45) is 1.44. The molecule has 0 spiro atoms. The third-order valence-electron chi connectivity index (χ3n) is 10.9. The highest BCUT2D eigenvalue weighted by atomic mass is 19.1. The fraction of sp³-hybridized carbons (Fsp3) is 0.444. The number of alkyl halides is 2. The van der Waals surface area contributed by atoms with Crippen molar-refractivity contribution in [1.82, 2.24) is 0 Å². The molecule has 0 saturated heterocycles. The van der Waals surface area contributed by atoms with E-state index in [0.29, 0.717) is 12.8 Å². The predicted molar refractivity (Wildman–Crippen MR) is 159 cm³/mol. The Bertz CT molecular complexity index is 1580. The van der Waals surface area contributed by atoms with Crippen molar-refractivity contribution >= 4 is 23.5 Å². The predicted octanol–water partition coefficient (Wildman–Crippen LogP) is 5.70. The summed E-state index contributed by atoms with van der Waals surface area (Å²) < 4.78 is 43.4. The molecule has 1 unspecified atom stereocenters. The Morgan fingerprint density at radius 3 is 2.24 bits per heavy atom. The highest BCUT2D eigenvalue weighted by Crippen LogP contribution is 2.69. The minimum absolute atomic E-state index is 0.0154. The minimum Gasteiger partial charge on any atom is -0.457 e. The zero-order valence-corrected chi connectivity index (χ0v) is 25.2. The number of allylic oxidation sites excluding steroid dienone is 4. The van der Waals surface area contributed by atoms with Crippen LogP contribution in [0.1, 0.15) is 65.8 Å². The van der Waals surface area contributed by atoms with Crippen LogP contribution in [0.25, 0.3) is 0 Å². The average molecular weight is 619 g/mol. The number of halogens is 2. The lowest BCUT2D eigenvalue weighted by molar-refractivity contribution is -0.202. The molecule has 8 atom stereocenters. The lowest BCUT2D eigenvalue weighted by Gasteiger charge is -2.62. The molecule has 3 saturated carbocycles. The summed E-state index contributed by atoms with van der Waals surface area (Å²) in [4.78, 5) is 50.6. The van der Waals surface area contributed by atoms with Crippen LogP contribution in [0.4, 0.5) is 8.78 Å². The number of hydrogen-bond acceptors (Lipinski definition) is 7. The summed E-state index contributed by atoms with van der Waals surface area (Å²) in [5.41, 5.74) is -3.19. The first-order valence-corrected chi connectivity index (χ1v) is 15.4. The molecule has 9 heteroatoms. The van der Waals surface area contributed by atoms with Crippen LogP contribution in [0.5, 0.6) is 0 Å². The number of ether oxygens (including phenoxy) is 2. The van der Waals surface area contributed by atoms with Gasteiger partial charge in [0.15, 0.2) is 23.8 Å². The van der Waals surface area contributed by atoms with E-state index in [2.05, 4.69) is 0 Å². The molecule has 2 aromatic carbocycles.